The highest BCUT2D eigenvalue weighted by Crippen LogP contribution is 2.21. The van der Waals surface area contributed by atoms with Crippen LogP contribution in [-0.2, 0) is 6.54 Å². The number of nitrogens with zero attached hydrogens (tertiary/aromatic N) is 1. The molecule has 0 amide bonds. The molecule has 94 valence electrons. The maximum absolute atomic E-state index is 13.4. The summed E-state index contributed by atoms with van der Waals surface area (Å²) in [5, 5.41) is 0. The van der Waals surface area contributed by atoms with Gasteiger partial charge in [0, 0.05) is 36.8 Å². The van der Waals surface area contributed by atoms with Crippen LogP contribution in [0.5, 0.6) is 0 Å². The van der Waals surface area contributed by atoms with E-state index in [0.29, 0.717) is 6.07 Å². The largest absolute Gasteiger partial charge is 0.326 e. The standard InChI is InChI=1S/C12H15F3N2/c1-7-12(16)2-3-17(7)6-8-4-10(14)11(15)5-9(8)13/h4-5,7,12H,2-3,6,16H2,1H3. The van der Waals surface area contributed by atoms with Crippen molar-refractivity contribution in [3.63, 3.8) is 0 Å². The number of nitrogens with two attached hydrogens (primary N) is 1. The maximum atomic E-state index is 13.4. The smallest absolute Gasteiger partial charge is 0.161 e. The molecule has 5 heteroatoms. The van der Waals surface area contributed by atoms with Crippen LogP contribution in [0.25, 0.3) is 0 Å². The lowest BCUT2D eigenvalue weighted by atomic mass is 10.1. The van der Waals surface area contributed by atoms with E-state index in [0.717, 1.165) is 19.0 Å². The molecular formula is C12H15F3N2. The number of likely N-dealkylation sites (tertiary alicyclic amines) is 1. The Bertz CT molecular complexity index is 422. The molecule has 2 atom stereocenters. The van der Waals surface area contributed by atoms with E-state index in [2.05, 4.69) is 0 Å². The van der Waals surface area contributed by atoms with E-state index in [9.17, 15) is 13.2 Å². The molecule has 0 radical (unpaired) electrons. The summed E-state index contributed by atoms with van der Waals surface area (Å²) in [4.78, 5) is 1.97. The summed E-state index contributed by atoms with van der Waals surface area (Å²) in [5.74, 6) is -2.88. The number of rotatable bonds is 2. The summed E-state index contributed by atoms with van der Waals surface area (Å²) in [6.07, 6.45) is 0.840. The number of halogens is 3. The second-order valence-corrected chi connectivity index (χ2v) is 4.52. The first-order valence-corrected chi connectivity index (χ1v) is 5.62. The Kier molecular flexibility index (Phi) is 3.40. The topological polar surface area (TPSA) is 29.3 Å². The van der Waals surface area contributed by atoms with Crippen molar-refractivity contribution >= 4 is 0 Å². The lowest BCUT2D eigenvalue weighted by Crippen LogP contribution is -2.36. The minimum absolute atomic E-state index is 0.0587. The van der Waals surface area contributed by atoms with Crippen LogP contribution in [0.3, 0.4) is 0 Å². The van der Waals surface area contributed by atoms with E-state index in [4.69, 9.17) is 5.73 Å². The fourth-order valence-corrected chi connectivity index (χ4v) is 2.16. The molecule has 0 saturated carbocycles. The summed E-state index contributed by atoms with van der Waals surface area (Å²) in [7, 11) is 0. The first kappa shape index (κ1) is 12.4. The molecule has 1 aromatic rings. The molecule has 0 spiro atoms. The molecule has 1 fully saturated rings. The molecule has 0 aliphatic carbocycles. The van der Waals surface area contributed by atoms with Gasteiger partial charge in [-0.3, -0.25) is 4.90 Å². The summed E-state index contributed by atoms with van der Waals surface area (Å²) in [5.41, 5.74) is 6.02. The van der Waals surface area contributed by atoms with E-state index in [1.54, 1.807) is 0 Å². The van der Waals surface area contributed by atoms with Crippen molar-refractivity contribution < 1.29 is 13.2 Å². The van der Waals surface area contributed by atoms with Gasteiger partial charge in [0.25, 0.3) is 0 Å². The minimum atomic E-state index is -1.16. The first-order valence-electron chi connectivity index (χ1n) is 5.62. The third-order valence-corrected chi connectivity index (χ3v) is 3.41. The molecule has 2 unspecified atom stereocenters. The maximum Gasteiger partial charge on any atom is 0.161 e. The zero-order valence-electron chi connectivity index (χ0n) is 9.59. The fourth-order valence-electron chi connectivity index (χ4n) is 2.16. The monoisotopic (exact) mass is 244 g/mol. The predicted molar refractivity (Wildman–Crippen MR) is 58.8 cm³/mol. The molecule has 1 aromatic carbocycles. The molecule has 2 N–H and O–H groups in total. The average Bonchev–Trinajstić information content (AvgIpc) is 2.58. The van der Waals surface area contributed by atoms with Gasteiger partial charge in [0.1, 0.15) is 5.82 Å². The van der Waals surface area contributed by atoms with Crippen LogP contribution in [0.15, 0.2) is 12.1 Å². The van der Waals surface area contributed by atoms with Crippen LogP contribution in [0.2, 0.25) is 0 Å². The molecule has 17 heavy (non-hydrogen) atoms. The van der Waals surface area contributed by atoms with Gasteiger partial charge in [-0.25, -0.2) is 13.2 Å². The van der Waals surface area contributed by atoms with E-state index in [1.165, 1.54) is 0 Å². The van der Waals surface area contributed by atoms with Gasteiger partial charge in [0.2, 0.25) is 0 Å². The Hall–Kier alpha value is -1.07. The lowest BCUT2D eigenvalue weighted by Gasteiger charge is -2.23. The van der Waals surface area contributed by atoms with Crippen LogP contribution >= 0.6 is 0 Å². The van der Waals surface area contributed by atoms with E-state index < -0.39 is 17.5 Å². The fraction of sp³-hybridized carbons (Fsp3) is 0.500. The molecule has 0 aromatic heterocycles. The number of hydrogen-bond acceptors (Lipinski definition) is 2. The second kappa shape index (κ2) is 4.66. The van der Waals surface area contributed by atoms with Gasteiger partial charge < -0.3 is 5.73 Å². The summed E-state index contributed by atoms with van der Waals surface area (Å²) >= 11 is 0. The average molecular weight is 244 g/mol. The molecule has 0 bridgehead atoms. The van der Waals surface area contributed by atoms with Crippen LogP contribution in [0, 0.1) is 17.5 Å². The van der Waals surface area contributed by atoms with E-state index in [-0.39, 0.29) is 24.2 Å². The summed E-state index contributed by atoms with van der Waals surface area (Å²) in [6.45, 7) is 2.97. The molecule has 1 aliphatic rings. The normalized spacial score (nSPS) is 25.5. The Balaban J connectivity index is 2.16. The minimum Gasteiger partial charge on any atom is -0.326 e. The van der Waals surface area contributed by atoms with Crippen molar-refractivity contribution in [1.29, 1.82) is 0 Å². The quantitative estimate of drug-likeness (QED) is 0.806. The van der Waals surface area contributed by atoms with Gasteiger partial charge in [-0.1, -0.05) is 0 Å². The Morgan fingerprint density at radius 3 is 2.47 bits per heavy atom. The highest BCUT2D eigenvalue weighted by atomic mass is 19.2. The molecule has 1 heterocycles. The number of hydrogen-bond donors (Lipinski definition) is 1. The van der Waals surface area contributed by atoms with Gasteiger partial charge >= 0.3 is 0 Å². The van der Waals surface area contributed by atoms with Crippen molar-refractivity contribution in [2.75, 3.05) is 6.54 Å². The number of benzene rings is 1. The van der Waals surface area contributed by atoms with Crippen molar-refractivity contribution in [2.45, 2.75) is 32.0 Å². The van der Waals surface area contributed by atoms with Crippen molar-refractivity contribution in [2.24, 2.45) is 5.73 Å². The van der Waals surface area contributed by atoms with Crippen molar-refractivity contribution in [1.82, 2.24) is 4.90 Å². The summed E-state index contributed by atoms with van der Waals surface area (Å²) < 4.78 is 39.2. The molecule has 2 nitrogen and oxygen atoms in total. The van der Waals surface area contributed by atoms with Crippen LogP contribution in [0.1, 0.15) is 18.9 Å². The van der Waals surface area contributed by atoms with Gasteiger partial charge in [0.15, 0.2) is 11.6 Å². The van der Waals surface area contributed by atoms with Gasteiger partial charge in [-0.05, 0) is 19.4 Å². The predicted octanol–water partition coefficient (Wildman–Crippen LogP) is 2.03. The Labute approximate surface area is 98.2 Å². The third kappa shape index (κ3) is 2.45. The van der Waals surface area contributed by atoms with Gasteiger partial charge in [-0.15, -0.1) is 0 Å². The zero-order valence-corrected chi connectivity index (χ0v) is 9.59. The second-order valence-electron chi connectivity index (χ2n) is 4.52. The van der Waals surface area contributed by atoms with Crippen LogP contribution in [-0.4, -0.2) is 23.5 Å². The van der Waals surface area contributed by atoms with Crippen molar-refractivity contribution in [3.8, 4) is 0 Å². The zero-order chi connectivity index (χ0) is 12.6. The van der Waals surface area contributed by atoms with E-state index >= 15 is 0 Å². The van der Waals surface area contributed by atoms with E-state index in [1.807, 2.05) is 11.8 Å². The van der Waals surface area contributed by atoms with Gasteiger partial charge in [-0.2, -0.15) is 0 Å². The molecule has 1 aliphatic heterocycles. The molecular weight excluding hydrogens is 229 g/mol. The Morgan fingerprint density at radius 1 is 1.24 bits per heavy atom. The SMILES string of the molecule is CC1C(N)CCN1Cc1cc(F)c(F)cc1F. The van der Waals surface area contributed by atoms with Gasteiger partial charge in [0.05, 0.1) is 0 Å². The molecule has 1 saturated heterocycles. The van der Waals surface area contributed by atoms with Crippen molar-refractivity contribution in [3.05, 3.63) is 35.1 Å². The third-order valence-electron chi connectivity index (χ3n) is 3.41. The Morgan fingerprint density at radius 2 is 1.88 bits per heavy atom. The lowest BCUT2D eigenvalue weighted by molar-refractivity contribution is 0.247. The summed E-state index contributed by atoms with van der Waals surface area (Å²) in [6, 6.07) is 1.69. The molecule has 2 rings (SSSR count). The van der Waals surface area contributed by atoms with Crippen LogP contribution in [0.4, 0.5) is 13.2 Å². The first-order chi connectivity index (χ1) is 7.99. The van der Waals surface area contributed by atoms with Crippen LogP contribution < -0.4 is 5.73 Å². The highest BCUT2D eigenvalue weighted by molar-refractivity contribution is 5.20. The highest BCUT2D eigenvalue weighted by Gasteiger charge is 2.28.